The molecule has 2 unspecified atom stereocenters. The van der Waals surface area contributed by atoms with Crippen molar-refractivity contribution in [3.8, 4) is 0 Å². The average molecular weight is 256 g/mol. The zero-order valence-electron chi connectivity index (χ0n) is 11.1. The lowest BCUT2D eigenvalue weighted by molar-refractivity contribution is -0.121. The summed E-state index contributed by atoms with van der Waals surface area (Å²) in [6.07, 6.45) is 7.71. The third-order valence-electron chi connectivity index (χ3n) is 4.27. The van der Waals surface area contributed by atoms with Crippen LogP contribution in [-0.2, 0) is 11.2 Å². The van der Waals surface area contributed by atoms with E-state index in [0.717, 1.165) is 17.4 Å². The molecule has 0 heterocycles. The van der Waals surface area contributed by atoms with E-state index in [1.807, 2.05) is 36.5 Å². The summed E-state index contributed by atoms with van der Waals surface area (Å²) in [7, 11) is 0. The predicted molar refractivity (Wildman–Crippen MR) is 75.0 cm³/mol. The van der Waals surface area contributed by atoms with Gasteiger partial charge in [-0.05, 0) is 48.7 Å². The van der Waals surface area contributed by atoms with E-state index in [-0.39, 0.29) is 5.91 Å². The predicted octanol–water partition coefficient (Wildman–Crippen LogP) is 2.55. The van der Waals surface area contributed by atoms with Gasteiger partial charge >= 0.3 is 0 Å². The number of amides is 1. The van der Waals surface area contributed by atoms with E-state index in [0.29, 0.717) is 6.42 Å². The van der Waals surface area contributed by atoms with Crippen LogP contribution in [0.4, 0.5) is 0 Å². The molecule has 2 aliphatic rings. The fourth-order valence-corrected chi connectivity index (χ4v) is 3.31. The van der Waals surface area contributed by atoms with Crippen LogP contribution in [0.15, 0.2) is 42.1 Å². The lowest BCUT2D eigenvalue weighted by atomic mass is 9.96. The molecular weight excluding hydrogens is 236 g/mol. The second kappa shape index (κ2) is 5.47. The smallest absolute Gasteiger partial charge is 0.242 e. The largest absolute Gasteiger partial charge is 0.306 e. The Labute approximate surface area is 114 Å². The van der Waals surface area contributed by atoms with E-state index in [9.17, 15) is 4.79 Å². The first-order valence-electron chi connectivity index (χ1n) is 7.08. The van der Waals surface area contributed by atoms with Crippen molar-refractivity contribution < 1.29 is 4.79 Å². The van der Waals surface area contributed by atoms with Crippen LogP contribution < -0.4 is 10.9 Å². The van der Waals surface area contributed by atoms with E-state index >= 15 is 0 Å². The summed E-state index contributed by atoms with van der Waals surface area (Å²) in [6.45, 7) is 0. The maximum atomic E-state index is 11.7. The second-order valence-corrected chi connectivity index (χ2v) is 5.65. The Morgan fingerprint density at radius 1 is 1.26 bits per heavy atom. The van der Waals surface area contributed by atoms with Crippen LogP contribution in [-0.4, -0.2) is 5.91 Å². The highest BCUT2D eigenvalue weighted by molar-refractivity contribution is 5.78. The summed E-state index contributed by atoms with van der Waals surface area (Å²) < 4.78 is 0. The Morgan fingerprint density at radius 2 is 2.11 bits per heavy atom. The topological polar surface area (TPSA) is 41.1 Å². The number of hydrogen-bond acceptors (Lipinski definition) is 2. The van der Waals surface area contributed by atoms with Crippen LogP contribution in [0.1, 0.15) is 31.2 Å². The third-order valence-corrected chi connectivity index (χ3v) is 4.27. The minimum Gasteiger partial charge on any atom is -0.306 e. The SMILES string of the molecule is O=C(Cc1ccccc1)NNC=C1CC2CCC1C2. The minimum absolute atomic E-state index is 0.00575. The first kappa shape index (κ1) is 12.3. The Kier molecular flexibility index (Phi) is 3.53. The standard InChI is InChI=1S/C16H20N2O/c19-16(10-12-4-2-1-3-5-12)18-17-11-15-9-13-6-7-14(15)8-13/h1-5,11,13-14,17H,6-10H2,(H,18,19). The number of hydrazine groups is 1. The Bertz CT molecular complexity index is 481. The molecule has 0 aliphatic heterocycles. The molecule has 2 fully saturated rings. The summed E-state index contributed by atoms with van der Waals surface area (Å²) in [5.41, 5.74) is 8.24. The lowest BCUT2D eigenvalue weighted by Crippen LogP contribution is -2.35. The molecule has 2 atom stereocenters. The van der Waals surface area contributed by atoms with E-state index in [2.05, 4.69) is 10.9 Å². The van der Waals surface area contributed by atoms with Crippen molar-refractivity contribution in [3.63, 3.8) is 0 Å². The van der Waals surface area contributed by atoms with Gasteiger partial charge in [-0.15, -0.1) is 0 Å². The molecule has 1 aromatic carbocycles. The first-order chi connectivity index (χ1) is 9.31. The average Bonchev–Trinajstić information content (AvgIpc) is 3.02. The number of rotatable bonds is 4. The summed E-state index contributed by atoms with van der Waals surface area (Å²) in [4.78, 5) is 11.7. The zero-order chi connectivity index (χ0) is 13.1. The Morgan fingerprint density at radius 3 is 2.79 bits per heavy atom. The minimum atomic E-state index is 0.00575. The summed E-state index contributed by atoms with van der Waals surface area (Å²) >= 11 is 0. The molecule has 2 aliphatic carbocycles. The van der Waals surface area contributed by atoms with Crippen molar-refractivity contribution in [2.75, 3.05) is 0 Å². The van der Waals surface area contributed by atoms with Gasteiger partial charge in [0.15, 0.2) is 0 Å². The van der Waals surface area contributed by atoms with E-state index in [1.165, 1.54) is 31.3 Å². The monoisotopic (exact) mass is 256 g/mol. The Balaban J connectivity index is 1.45. The van der Waals surface area contributed by atoms with Crippen LogP contribution in [0.3, 0.4) is 0 Å². The van der Waals surface area contributed by atoms with Gasteiger partial charge in [0, 0.05) is 6.20 Å². The molecule has 0 spiro atoms. The van der Waals surface area contributed by atoms with E-state index < -0.39 is 0 Å². The van der Waals surface area contributed by atoms with Gasteiger partial charge in [-0.3, -0.25) is 10.2 Å². The number of nitrogens with one attached hydrogen (secondary N) is 2. The molecule has 2 saturated carbocycles. The number of hydrogen-bond donors (Lipinski definition) is 2. The molecule has 100 valence electrons. The summed E-state index contributed by atoms with van der Waals surface area (Å²) in [6, 6.07) is 9.79. The second-order valence-electron chi connectivity index (χ2n) is 5.65. The number of carbonyl (C=O) groups excluding carboxylic acids is 1. The van der Waals surface area contributed by atoms with Crippen LogP contribution in [0.2, 0.25) is 0 Å². The van der Waals surface area contributed by atoms with Crippen molar-refractivity contribution in [3.05, 3.63) is 47.7 Å². The lowest BCUT2D eigenvalue weighted by Gasteiger charge is -2.13. The molecule has 0 aromatic heterocycles. The first-order valence-corrected chi connectivity index (χ1v) is 7.08. The van der Waals surface area contributed by atoms with Gasteiger partial charge in [0.2, 0.25) is 5.91 Å². The van der Waals surface area contributed by atoms with Crippen molar-refractivity contribution in [1.29, 1.82) is 0 Å². The maximum absolute atomic E-state index is 11.7. The van der Waals surface area contributed by atoms with E-state index in [4.69, 9.17) is 0 Å². The molecule has 2 bridgehead atoms. The van der Waals surface area contributed by atoms with Crippen molar-refractivity contribution in [2.45, 2.75) is 32.1 Å². The fraction of sp³-hybridized carbons (Fsp3) is 0.438. The van der Waals surface area contributed by atoms with Crippen molar-refractivity contribution in [2.24, 2.45) is 11.8 Å². The van der Waals surface area contributed by atoms with Crippen molar-refractivity contribution >= 4 is 5.91 Å². The van der Waals surface area contributed by atoms with Gasteiger partial charge in [-0.25, -0.2) is 0 Å². The summed E-state index contributed by atoms with van der Waals surface area (Å²) in [5, 5.41) is 0. The highest BCUT2D eigenvalue weighted by atomic mass is 16.2. The number of carbonyl (C=O) groups is 1. The van der Waals surface area contributed by atoms with E-state index in [1.54, 1.807) is 0 Å². The molecule has 3 heteroatoms. The normalized spacial score (nSPS) is 26.6. The molecule has 2 N–H and O–H groups in total. The number of benzene rings is 1. The Hall–Kier alpha value is -1.77. The highest BCUT2D eigenvalue weighted by Gasteiger charge is 2.35. The zero-order valence-corrected chi connectivity index (χ0v) is 11.1. The molecule has 0 radical (unpaired) electrons. The molecule has 0 saturated heterocycles. The molecule has 3 rings (SSSR count). The number of fused-ring (bicyclic) bond motifs is 2. The van der Waals surface area contributed by atoms with Crippen LogP contribution in [0.25, 0.3) is 0 Å². The third kappa shape index (κ3) is 2.98. The molecule has 1 amide bonds. The molecule has 3 nitrogen and oxygen atoms in total. The molecular formula is C16H20N2O. The van der Waals surface area contributed by atoms with Crippen molar-refractivity contribution in [1.82, 2.24) is 10.9 Å². The highest BCUT2D eigenvalue weighted by Crippen LogP contribution is 2.47. The fourth-order valence-electron chi connectivity index (χ4n) is 3.31. The molecule has 19 heavy (non-hydrogen) atoms. The summed E-state index contributed by atoms with van der Waals surface area (Å²) in [5.74, 6) is 1.67. The maximum Gasteiger partial charge on any atom is 0.242 e. The molecule has 1 aromatic rings. The van der Waals surface area contributed by atoms with Gasteiger partial charge in [-0.2, -0.15) is 0 Å². The van der Waals surface area contributed by atoms with Crippen LogP contribution in [0, 0.1) is 11.8 Å². The van der Waals surface area contributed by atoms with Gasteiger partial charge in [0.1, 0.15) is 0 Å². The number of allylic oxidation sites excluding steroid dienone is 1. The van der Waals surface area contributed by atoms with Gasteiger partial charge < -0.3 is 5.43 Å². The van der Waals surface area contributed by atoms with Gasteiger partial charge in [-0.1, -0.05) is 30.3 Å². The quantitative estimate of drug-likeness (QED) is 0.813. The van der Waals surface area contributed by atoms with Crippen LogP contribution >= 0.6 is 0 Å². The van der Waals surface area contributed by atoms with Gasteiger partial charge in [0.05, 0.1) is 6.42 Å². The van der Waals surface area contributed by atoms with Gasteiger partial charge in [0.25, 0.3) is 0 Å². The van der Waals surface area contributed by atoms with Crippen LogP contribution in [0.5, 0.6) is 0 Å².